The zero-order valence-corrected chi connectivity index (χ0v) is 7.97. The molecule has 0 radical (unpaired) electrons. The molecule has 0 atom stereocenters. The minimum Gasteiger partial charge on any atom is -0.491 e. The van der Waals surface area contributed by atoms with Gasteiger partial charge in [-0.15, -0.1) is 0 Å². The molecular weight excluding hydrogens is 206 g/mol. The van der Waals surface area contributed by atoms with Crippen LogP contribution in [0.1, 0.15) is 13.3 Å². The number of aromatic nitrogens is 1. The van der Waals surface area contributed by atoms with E-state index < -0.39 is 0 Å². The molecule has 0 unspecified atom stereocenters. The first-order valence-corrected chi connectivity index (χ1v) is 4.36. The van der Waals surface area contributed by atoms with Crippen LogP contribution >= 0.6 is 15.9 Å². The molecule has 0 saturated heterocycles. The van der Waals surface area contributed by atoms with Crippen molar-refractivity contribution in [2.75, 3.05) is 6.61 Å². The third kappa shape index (κ3) is 2.50. The van der Waals surface area contributed by atoms with Crippen molar-refractivity contribution in [1.82, 2.24) is 4.98 Å². The molecular formula is C8H10BrNO. The molecule has 0 amide bonds. The average molecular weight is 216 g/mol. The molecule has 1 aromatic heterocycles. The molecule has 0 aliphatic carbocycles. The van der Waals surface area contributed by atoms with Crippen molar-refractivity contribution in [3.05, 3.63) is 22.9 Å². The highest BCUT2D eigenvalue weighted by molar-refractivity contribution is 9.10. The quantitative estimate of drug-likeness (QED) is 0.774. The summed E-state index contributed by atoms with van der Waals surface area (Å²) < 4.78 is 6.34. The largest absolute Gasteiger partial charge is 0.491 e. The fraction of sp³-hybridized carbons (Fsp3) is 0.375. The standard InChI is InChI=1S/C8H10BrNO/c1-2-5-11-8-6-10-4-3-7(8)9/h3-4,6H,2,5H2,1H3. The van der Waals surface area contributed by atoms with E-state index >= 15 is 0 Å². The Balaban J connectivity index is 2.62. The molecule has 11 heavy (non-hydrogen) atoms. The summed E-state index contributed by atoms with van der Waals surface area (Å²) in [6.07, 6.45) is 4.45. The Hall–Kier alpha value is -0.570. The van der Waals surface area contributed by atoms with Gasteiger partial charge in [0, 0.05) is 6.20 Å². The van der Waals surface area contributed by atoms with Gasteiger partial charge in [-0.3, -0.25) is 4.98 Å². The van der Waals surface area contributed by atoms with Gasteiger partial charge in [-0.05, 0) is 28.4 Å². The highest BCUT2D eigenvalue weighted by Gasteiger charge is 1.97. The van der Waals surface area contributed by atoms with Gasteiger partial charge in [0.1, 0.15) is 0 Å². The van der Waals surface area contributed by atoms with Crippen LogP contribution < -0.4 is 4.74 Å². The second kappa shape index (κ2) is 4.34. The van der Waals surface area contributed by atoms with E-state index in [2.05, 4.69) is 27.8 Å². The Kier molecular flexibility index (Phi) is 3.36. The number of hydrogen-bond donors (Lipinski definition) is 0. The smallest absolute Gasteiger partial charge is 0.151 e. The predicted molar refractivity (Wildman–Crippen MR) is 47.7 cm³/mol. The molecule has 2 nitrogen and oxygen atoms in total. The van der Waals surface area contributed by atoms with Gasteiger partial charge in [-0.2, -0.15) is 0 Å². The third-order valence-electron chi connectivity index (χ3n) is 1.20. The molecule has 0 N–H and O–H groups in total. The average Bonchev–Trinajstić information content (AvgIpc) is 2.03. The fourth-order valence-corrected chi connectivity index (χ4v) is 1.02. The lowest BCUT2D eigenvalue weighted by atomic mass is 10.4. The van der Waals surface area contributed by atoms with Crippen LogP contribution in [0.4, 0.5) is 0 Å². The third-order valence-corrected chi connectivity index (χ3v) is 1.85. The lowest BCUT2D eigenvalue weighted by molar-refractivity contribution is 0.314. The van der Waals surface area contributed by atoms with E-state index in [1.165, 1.54) is 0 Å². The normalized spacial score (nSPS) is 9.64. The van der Waals surface area contributed by atoms with Gasteiger partial charge < -0.3 is 4.74 Å². The van der Waals surface area contributed by atoms with E-state index in [1.54, 1.807) is 12.4 Å². The molecule has 0 aliphatic heterocycles. The number of pyridine rings is 1. The van der Waals surface area contributed by atoms with Crippen LogP contribution in [0.3, 0.4) is 0 Å². The zero-order valence-electron chi connectivity index (χ0n) is 6.38. The summed E-state index contributed by atoms with van der Waals surface area (Å²) in [4.78, 5) is 3.94. The Morgan fingerprint density at radius 3 is 3.09 bits per heavy atom. The van der Waals surface area contributed by atoms with Gasteiger partial charge in [0.15, 0.2) is 5.75 Å². The van der Waals surface area contributed by atoms with E-state index in [0.717, 1.165) is 23.2 Å². The topological polar surface area (TPSA) is 22.1 Å². The van der Waals surface area contributed by atoms with Crippen LogP contribution in [-0.2, 0) is 0 Å². The zero-order chi connectivity index (χ0) is 8.10. The lowest BCUT2D eigenvalue weighted by Gasteiger charge is -2.04. The number of hydrogen-bond acceptors (Lipinski definition) is 2. The highest BCUT2D eigenvalue weighted by atomic mass is 79.9. The van der Waals surface area contributed by atoms with E-state index in [9.17, 15) is 0 Å². The van der Waals surface area contributed by atoms with Crippen LogP contribution in [0, 0.1) is 0 Å². The molecule has 60 valence electrons. The molecule has 0 spiro atoms. The van der Waals surface area contributed by atoms with Crippen molar-refractivity contribution in [3.63, 3.8) is 0 Å². The van der Waals surface area contributed by atoms with Gasteiger partial charge in [0.2, 0.25) is 0 Å². The molecule has 0 saturated carbocycles. The summed E-state index contributed by atoms with van der Waals surface area (Å²) in [5, 5.41) is 0. The van der Waals surface area contributed by atoms with Gasteiger partial charge in [0.05, 0.1) is 17.3 Å². The first-order chi connectivity index (χ1) is 5.34. The van der Waals surface area contributed by atoms with Crippen molar-refractivity contribution in [2.45, 2.75) is 13.3 Å². The number of nitrogens with zero attached hydrogens (tertiary/aromatic N) is 1. The second-order valence-corrected chi connectivity index (χ2v) is 3.01. The number of rotatable bonds is 3. The van der Waals surface area contributed by atoms with Crippen molar-refractivity contribution >= 4 is 15.9 Å². The van der Waals surface area contributed by atoms with Crippen LogP contribution in [0.25, 0.3) is 0 Å². The monoisotopic (exact) mass is 215 g/mol. The van der Waals surface area contributed by atoms with Crippen LogP contribution in [0.15, 0.2) is 22.9 Å². The summed E-state index contributed by atoms with van der Waals surface area (Å²) >= 11 is 3.36. The maximum Gasteiger partial charge on any atom is 0.151 e. The first-order valence-electron chi connectivity index (χ1n) is 3.57. The summed E-state index contributed by atoms with van der Waals surface area (Å²) in [5.74, 6) is 0.814. The maximum atomic E-state index is 5.38. The molecule has 3 heteroatoms. The van der Waals surface area contributed by atoms with Gasteiger partial charge >= 0.3 is 0 Å². The van der Waals surface area contributed by atoms with E-state index in [0.29, 0.717) is 0 Å². The predicted octanol–water partition coefficient (Wildman–Crippen LogP) is 2.63. The molecule has 1 heterocycles. The summed E-state index contributed by atoms with van der Waals surface area (Å²) in [6.45, 7) is 2.81. The van der Waals surface area contributed by atoms with E-state index in [4.69, 9.17) is 4.74 Å². The van der Waals surface area contributed by atoms with Crippen molar-refractivity contribution in [3.8, 4) is 5.75 Å². The van der Waals surface area contributed by atoms with Gasteiger partial charge in [0.25, 0.3) is 0 Å². The highest BCUT2D eigenvalue weighted by Crippen LogP contribution is 2.22. The molecule has 0 fully saturated rings. The Labute approximate surface area is 74.7 Å². The minimum absolute atomic E-state index is 0.740. The van der Waals surface area contributed by atoms with Crippen LogP contribution in [0.5, 0.6) is 5.75 Å². The fourth-order valence-electron chi connectivity index (χ4n) is 0.681. The second-order valence-electron chi connectivity index (χ2n) is 2.15. The molecule has 1 rings (SSSR count). The number of halogens is 1. The Bertz CT molecular complexity index is 227. The number of ether oxygens (including phenoxy) is 1. The first kappa shape index (κ1) is 8.53. The van der Waals surface area contributed by atoms with E-state index in [1.807, 2.05) is 6.07 Å². The summed E-state index contributed by atoms with van der Waals surface area (Å²) in [5.41, 5.74) is 0. The van der Waals surface area contributed by atoms with Crippen molar-refractivity contribution < 1.29 is 4.74 Å². The van der Waals surface area contributed by atoms with Crippen LogP contribution in [-0.4, -0.2) is 11.6 Å². The molecule has 0 bridgehead atoms. The minimum atomic E-state index is 0.740. The molecule has 1 aromatic rings. The Morgan fingerprint density at radius 1 is 1.64 bits per heavy atom. The summed E-state index contributed by atoms with van der Waals surface area (Å²) in [7, 11) is 0. The van der Waals surface area contributed by atoms with Crippen molar-refractivity contribution in [1.29, 1.82) is 0 Å². The summed E-state index contributed by atoms with van der Waals surface area (Å²) in [6, 6.07) is 1.87. The van der Waals surface area contributed by atoms with E-state index in [-0.39, 0.29) is 0 Å². The van der Waals surface area contributed by atoms with Gasteiger partial charge in [-0.1, -0.05) is 6.92 Å². The SMILES string of the molecule is CCCOc1cnccc1Br. The van der Waals surface area contributed by atoms with Crippen molar-refractivity contribution in [2.24, 2.45) is 0 Å². The Morgan fingerprint density at radius 2 is 2.45 bits per heavy atom. The molecule has 0 aliphatic rings. The van der Waals surface area contributed by atoms with Crippen LogP contribution in [0.2, 0.25) is 0 Å². The van der Waals surface area contributed by atoms with Gasteiger partial charge in [-0.25, -0.2) is 0 Å². The lowest BCUT2D eigenvalue weighted by Crippen LogP contribution is -1.95. The maximum absolute atomic E-state index is 5.38. The molecule has 0 aromatic carbocycles.